The number of rotatable bonds is 6. The molecule has 0 radical (unpaired) electrons. The average molecular weight is 345 g/mol. The standard InChI is InChI=1S/C15H24N2O3S2/c1-3-5-14(18)17-10-8-12(9-11-17)16-22(19,20)15-7-6-13(4-2)21-15/h6-7,12,16H,3-5,8-11H2,1-2H3. The molecule has 1 aliphatic rings. The number of sulfonamides is 1. The molecule has 1 aromatic rings. The van der Waals surface area contributed by atoms with E-state index in [1.165, 1.54) is 11.3 Å². The van der Waals surface area contributed by atoms with Crippen LogP contribution in [0.3, 0.4) is 0 Å². The summed E-state index contributed by atoms with van der Waals surface area (Å²) in [7, 11) is -3.43. The van der Waals surface area contributed by atoms with Gasteiger partial charge in [-0.15, -0.1) is 11.3 Å². The van der Waals surface area contributed by atoms with Gasteiger partial charge in [0.1, 0.15) is 4.21 Å². The van der Waals surface area contributed by atoms with Gasteiger partial charge in [-0.2, -0.15) is 0 Å². The van der Waals surface area contributed by atoms with Crippen molar-refractivity contribution in [3.8, 4) is 0 Å². The van der Waals surface area contributed by atoms with E-state index in [1.54, 1.807) is 6.07 Å². The van der Waals surface area contributed by atoms with E-state index in [4.69, 9.17) is 0 Å². The first kappa shape index (κ1) is 17.4. The first-order valence-corrected chi connectivity index (χ1v) is 10.1. The van der Waals surface area contributed by atoms with Crippen molar-refractivity contribution in [2.24, 2.45) is 0 Å². The number of nitrogens with one attached hydrogen (secondary N) is 1. The van der Waals surface area contributed by atoms with Gasteiger partial charge < -0.3 is 4.90 Å². The highest BCUT2D eigenvalue weighted by molar-refractivity contribution is 7.91. The van der Waals surface area contributed by atoms with E-state index in [0.29, 0.717) is 36.6 Å². The zero-order valence-electron chi connectivity index (χ0n) is 13.2. The van der Waals surface area contributed by atoms with Crippen LogP contribution in [0.4, 0.5) is 0 Å². The van der Waals surface area contributed by atoms with Gasteiger partial charge in [-0.1, -0.05) is 13.8 Å². The molecule has 1 saturated heterocycles. The van der Waals surface area contributed by atoms with E-state index in [9.17, 15) is 13.2 Å². The van der Waals surface area contributed by atoms with Crippen molar-refractivity contribution in [2.45, 2.75) is 56.2 Å². The Morgan fingerprint density at radius 3 is 2.55 bits per heavy atom. The monoisotopic (exact) mass is 344 g/mol. The molecule has 0 spiro atoms. The van der Waals surface area contributed by atoms with Crippen LogP contribution in [0, 0.1) is 0 Å². The van der Waals surface area contributed by atoms with Gasteiger partial charge >= 0.3 is 0 Å². The van der Waals surface area contributed by atoms with Gasteiger partial charge in [0.2, 0.25) is 15.9 Å². The Labute approximate surface area is 136 Å². The summed E-state index contributed by atoms with van der Waals surface area (Å²) in [6.07, 6.45) is 3.63. The summed E-state index contributed by atoms with van der Waals surface area (Å²) in [5.74, 6) is 0.176. The number of nitrogens with zero attached hydrogens (tertiary/aromatic N) is 1. The van der Waals surface area contributed by atoms with Gasteiger partial charge in [-0.05, 0) is 37.8 Å². The highest BCUT2D eigenvalue weighted by Crippen LogP contribution is 2.23. The summed E-state index contributed by atoms with van der Waals surface area (Å²) < 4.78 is 27.9. The minimum absolute atomic E-state index is 0.0807. The number of likely N-dealkylation sites (tertiary alicyclic amines) is 1. The van der Waals surface area contributed by atoms with Crippen molar-refractivity contribution in [1.29, 1.82) is 0 Å². The zero-order valence-corrected chi connectivity index (χ0v) is 14.8. The second-order valence-electron chi connectivity index (χ2n) is 5.60. The van der Waals surface area contributed by atoms with Crippen LogP contribution in [-0.2, 0) is 21.2 Å². The molecule has 0 bridgehead atoms. The maximum absolute atomic E-state index is 12.4. The van der Waals surface area contributed by atoms with Crippen LogP contribution in [0.15, 0.2) is 16.3 Å². The van der Waals surface area contributed by atoms with E-state index in [2.05, 4.69) is 4.72 Å². The normalized spacial score (nSPS) is 16.9. The Bertz CT molecular complexity index is 602. The minimum Gasteiger partial charge on any atom is -0.343 e. The molecule has 0 unspecified atom stereocenters. The number of hydrogen-bond donors (Lipinski definition) is 1. The Morgan fingerprint density at radius 1 is 1.32 bits per heavy atom. The molecule has 0 saturated carbocycles. The van der Waals surface area contributed by atoms with Crippen LogP contribution in [0.25, 0.3) is 0 Å². The average Bonchev–Trinajstić information content (AvgIpc) is 2.98. The second-order valence-corrected chi connectivity index (χ2v) is 8.71. The molecule has 1 N–H and O–H groups in total. The SMILES string of the molecule is CCCC(=O)N1CCC(NS(=O)(=O)c2ccc(CC)s2)CC1. The Morgan fingerprint density at radius 2 is 2.00 bits per heavy atom. The maximum Gasteiger partial charge on any atom is 0.250 e. The third-order valence-corrected chi connectivity index (χ3v) is 7.13. The van der Waals surface area contributed by atoms with E-state index >= 15 is 0 Å². The van der Waals surface area contributed by atoms with Crippen molar-refractivity contribution in [1.82, 2.24) is 9.62 Å². The third-order valence-electron chi connectivity index (χ3n) is 3.88. The van der Waals surface area contributed by atoms with Crippen LogP contribution in [0.2, 0.25) is 0 Å². The van der Waals surface area contributed by atoms with Gasteiger partial charge in [0, 0.05) is 30.4 Å². The number of thiophene rings is 1. The van der Waals surface area contributed by atoms with Crippen LogP contribution in [-0.4, -0.2) is 38.4 Å². The second kappa shape index (κ2) is 7.57. The lowest BCUT2D eigenvalue weighted by atomic mass is 10.1. The Hall–Kier alpha value is -0.920. The maximum atomic E-state index is 12.4. The molecule has 22 heavy (non-hydrogen) atoms. The summed E-state index contributed by atoms with van der Waals surface area (Å²) in [5, 5.41) is 0. The third kappa shape index (κ3) is 4.30. The van der Waals surface area contributed by atoms with Crippen molar-refractivity contribution in [3.63, 3.8) is 0 Å². The van der Waals surface area contributed by atoms with Crippen LogP contribution < -0.4 is 4.72 Å². The minimum atomic E-state index is -3.43. The van der Waals surface area contributed by atoms with Crippen molar-refractivity contribution < 1.29 is 13.2 Å². The number of amides is 1. The molecule has 7 heteroatoms. The molecule has 1 amide bonds. The molecule has 2 rings (SSSR count). The number of aryl methyl sites for hydroxylation is 1. The number of carbonyl (C=O) groups excluding carboxylic acids is 1. The van der Waals surface area contributed by atoms with Gasteiger partial charge in [0.15, 0.2) is 0 Å². The van der Waals surface area contributed by atoms with Crippen molar-refractivity contribution >= 4 is 27.3 Å². The predicted octanol–water partition coefficient (Wildman–Crippen LogP) is 2.38. The van der Waals surface area contributed by atoms with Gasteiger partial charge in [0.25, 0.3) is 0 Å². The highest BCUT2D eigenvalue weighted by atomic mass is 32.2. The topological polar surface area (TPSA) is 66.5 Å². The summed E-state index contributed by atoms with van der Waals surface area (Å²) in [6, 6.07) is 3.46. The number of carbonyl (C=O) groups is 1. The summed E-state index contributed by atoms with van der Waals surface area (Å²) in [6.45, 7) is 5.27. The fourth-order valence-electron chi connectivity index (χ4n) is 2.59. The van der Waals surface area contributed by atoms with Crippen LogP contribution in [0.5, 0.6) is 0 Å². The van der Waals surface area contributed by atoms with Crippen LogP contribution in [0.1, 0.15) is 44.4 Å². The molecular formula is C15H24N2O3S2. The van der Waals surface area contributed by atoms with E-state index < -0.39 is 10.0 Å². The molecule has 0 aliphatic carbocycles. The Kier molecular flexibility index (Phi) is 6.00. The summed E-state index contributed by atoms with van der Waals surface area (Å²) in [4.78, 5) is 14.7. The lowest BCUT2D eigenvalue weighted by Gasteiger charge is -2.32. The zero-order chi connectivity index (χ0) is 16.2. The molecule has 1 aliphatic heterocycles. The predicted molar refractivity (Wildman–Crippen MR) is 88.5 cm³/mol. The summed E-state index contributed by atoms with van der Waals surface area (Å²) in [5.41, 5.74) is 0. The molecule has 2 heterocycles. The lowest BCUT2D eigenvalue weighted by molar-refractivity contribution is -0.132. The van der Waals surface area contributed by atoms with E-state index in [-0.39, 0.29) is 11.9 Å². The van der Waals surface area contributed by atoms with E-state index in [0.717, 1.165) is 17.7 Å². The van der Waals surface area contributed by atoms with Crippen molar-refractivity contribution in [3.05, 3.63) is 17.0 Å². The molecule has 1 aromatic heterocycles. The number of hydrogen-bond acceptors (Lipinski definition) is 4. The molecule has 0 aromatic carbocycles. The smallest absolute Gasteiger partial charge is 0.250 e. The molecule has 1 fully saturated rings. The first-order valence-electron chi connectivity index (χ1n) is 7.85. The quantitative estimate of drug-likeness (QED) is 0.861. The van der Waals surface area contributed by atoms with Gasteiger partial charge in [-0.3, -0.25) is 4.79 Å². The van der Waals surface area contributed by atoms with E-state index in [1.807, 2.05) is 24.8 Å². The molecule has 124 valence electrons. The van der Waals surface area contributed by atoms with Crippen LogP contribution >= 0.6 is 11.3 Å². The van der Waals surface area contributed by atoms with Gasteiger partial charge in [0.05, 0.1) is 0 Å². The fraction of sp³-hybridized carbons (Fsp3) is 0.667. The fourth-order valence-corrected chi connectivity index (χ4v) is 5.21. The largest absolute Gasteiger partial charge is 0.343 e. The lowest BCUT2D eigenvalue weighted by Crippen LogP contribution is -2.46. The van der Waals surface area contributed by atoms with Crippen molar-refractivity contribution in [2.75, 3.05) is 13.1 Å². The first-order chi connectivity index (χ1) is 10.5. The Balaban J connectivity index is 1.91. The molecule has 5 nitrogen and oxygen atoms in total. The highest BCUT2D eigenvalue weighted by Gasteiger charge is 2.27. The summed E-state index contributed by atoms with van der Waals surface area (Å²) >= 11 is 1.33. The molecule has 0 atom stereocenters. The van der Waals surface area contributed by atoms with Gasteiger partial charge in [-0.25, -0.2) is 13.1 Å². The number of piperidine rings is 1. The molecular weight excluding hydrogens is 320 g/mol.